The molecule has 0 bridgehead atoms. The van der Waals surface area contributed by atoms with Gasteiger partial charge in [-0.05, 0) is 46.5 Å². The van der Waals surface area contributed by atoms with Gasteiger partial charge in [-0.15, -0.1) is 10.2 Å². The first-order chi connectivity index (χ1) is 15.4. The molecule has 2 heterocycles. The van der Waals surface area contributed by atoms with Gasteiger partial charge in [0.05, 0.1) is 18.2 Å². The van der Waals surface area contributed by atoms with Gasteiger partial charge < -0.3 is 19.4 Å². The summed E-state index contributed by atoms with van der Waals surface area (Å²) in [6, 6.07) is 7.71. The zero-order chi connectivity index (χ0) is 23.1. The van der Waals surface area contributed by atoms with Crippen LogP contribution in [0.15, 0.2) is 41.1 Å². The third kappa shape index (κ3) is 5.67. The number of halogens is 2. The Hall–Kier alpha value is -3.34. The number of methoxy groups -OCH3 is 1. The molecule has 0 aliphatic carbocycles. The van der Waals surface area contributed by atoms with Gasteiger partial charge in [-0.25, -0.2) is 14.2 Å². The normalized spacial score (nSPS) is 11.6. The van der Waals surface area contributed by atoms with Gasteiger partial charge in [-0.3, -0.25) is 4.79 Å². The number of rotatable bonds is 10. The second kappa shape index (κ2) is 10.8. The third-order valence-electron chi connectivity index (χ3n) is 4.60. The quantitative estimate of drug-likeness (QED) is 0.330. The molecule has 1 atom stereocenters. The minimum Gasteiger partial charge on any atom is -0.493 e. The van der Waals surface area contributed by atoms with Crippen molar-refractivity contribution in [3.8, 4) is 17.3 Å². The number of pyridine rings is 1. The molecule has 0 fully saturated rings. The maximum Gasteiger partial charge on any atom is 0.341 e. The Balaban J connectivity index is 1.64. The molecule has 0 spiro atoms. The summed E-state index contributed by atoms with van der Waals surface area (Å²) in [7, 11) is 1.25. The van der Waals surface area contributed by atoms with Crippen molar-refractivity contribution in [1.82, 2.24) is 19.7 Å². The molecule has 2 aromatic heterocycles. The van der Waals surface area contributed by atoms with Crippen LogP contribution in [0.25, 0.3) is 11.5 Å². The number of hydrogen-bond donors (Lipinski definition) is 1. The minimum atomic E-state index is -0.610. The maximum atomic E-state index is 13.9. The van der Waals surface area contributed by atoms with Crippen LogP contribution in [0.3, 0.4) is 0 Å². The molecule has 3 aromatic rings. The van der Waals surface area contributed by atoms with Crippen LogP contribution in [0, 0.1) is 11.7 Å². The van der Waals surface area contributed by atoms with Crippen molar-refractivity contribution in [2.75, 3.05) is 19.0 Å². The number of nitrogens with one attached hydrogen (secondary N) is 1. The minimum absolute atomic E-state index is 0.124. The molecule has 1 N–H and O–H groups in total. The van der Waals surface area contributed by atoms with E-state index in [1.807, 2.05) is 11.5 Å². The van der Waals surface area contributed by atoms with Crippen LogP contribution in [0.4, 0.5) is 10.2 Å². The highest BCUT2D eigenvalue weighted by Gasteiger charge is 2.18. The van der Waals surface area contributed by atoms with E-state index < -0.39 is 11.8 Å². The predicted octanol–water partition coefficient (Wildman–Crippen LogP) is 3.70. The lowest BCUT2D eigenvalue weighted by molar-refractivity contribution is -0.105. The largest absolute Gasteiger partial charge is 0.493 e. The lowest BCUT2D eigenvalue weighted by Crippen LogP contribution is -2.13. The van der Waals surface area contributed by atoms with E-state index in [4.69, 9.17) is 9.47 Å². The SMILES string of the molecule is COC(=O)c1cc(Br)c(F)cc1OCCC(C)Cn1cnnc1-c1cccc(NC=O)n1. The number of aromatic nitrogens is 4. The third-order valence-corrected chi connectivity index (χ3v) is 5.21. The lowest BCUT2D eigenvalue weighted by Gasteiger charge is -2.16. The van der Waals surface area contributed by atoms with E-state index in [0.29, 0.717) is 36.7 Å². The van der Waals surface area contributed by atoms with Crippen molar-refractivity contribution >= 4 is 34.1 Å². The molecule has 1 unspecified atom stereocenters. The molecule has 168 valence electrons. The van der Waals surface area contributed by atoms with Gasteiger partial charge in [0.2, 0.25) is 6.41 Å². The van der Waals surface area contributed by atoms with Crippen molar-refractivity contribution in [2.24, 2.45) is 5.92 Å². The maximum absolute atomic E-state index is 13.9. The number of carbonyl (C=O) groups excluding carboxylic acids is 2. The Morgan fingerprint density at radius 3 is 2.94 bits per heavy atom. The average molecular weight is 506 g/mol. The summed E-state index contributed by atoms with van der Waals surface area (Å²) in [6.45, 7) is 2.87. The Kier molecular flexibility index (Phi) is 7.87. The predicted molar refractivity (Wildman–Crippen MR) is 118 cm³/mol. The Bertz CT molecular complexity index is 1110. The molecule has 9 nitrogen and oxygen atoms in total. The number of benzene rings is 1. The molecule has 11 heteroatoms. The van der Waals surface area contributed by atoms with Gasteiger partial charge in [-0.1, -0.05) is 13.0 Å². The molecule has 3 rings (SSSR count). The number of carbonyl (C=O) groups is 2. The van der Waals surface area contributed by atoms with Gasteiger partial charge in [0.1, 0.15) is 35.0 Å². The van der Waals surface area contributed by atoms with Crippen LogP contribution < -0.4 is 10.1 Å². The first kappa shape index (κ1) is 23.3. The van der Waals surface area contributed by atoms with Crippen LogP contribution in [0.5, 0.6) is 5.75 Å². The van der Waals surface area contributed by atoms with Crippen molar-refractivity contribution in [2.45, 2.75) is 19.9 Å². The highest BCUT2D eigenvalue weighted by atomic mass is 79.9. The van der Waals surface area contributed by atoms with Gasteiger partial charge in [0, 0.05) is 12.6 Å². The Morgan fingerprint density at radius 2 is 2.19 bits per heavy atom. The summed E-state index contributed by atoms with van der Waals surface area (Å²) in [5.41, 5.74) is 0.718. The van der Waals surface area contributed by atoms with Gasteiger partial charge in [0.15, 0.2) is 5.82 Å². The van der Waals surface area contributed by atoms with Crippen molar-refractivity contribution in [3.63, 3.8) is 0 Å². The van der Waals surface area contributed by atoms with E-state index in [9.17, 15) is 14.0 Å². The highest BCUT2D eigenvalue weighted by molar-refractivity contribution is 9.10. The van der Waals surface area contributed by atoms with Crippen molar-refractivity contribution in [1.29, 1.82) is 0 Å². The van der Waals surface area contributed by atoms with E-state index in [0.717, 1.165) is 6.07 Å². The summed E-state index contributed by atoms with van der Waals surface area (Å²) in [4.78, 5) is 27.0. The number of esters is 1. The van der Waals surface area contributed by atoms with E-state index in [1.165, 1.54) is 13.2 Å². The van der Waals surface area contributed by atoms with Gasteiger partial charge in [0.25, 0.3) is 0 Å². The summed E-state index contributed by atoms with van der Waals surface area (Å²) < 4.78 is 26.4. The van der Waals surface area contributed by atoms with Crippen LogP contribution in [0.2, 0.25) is 0 Å². The summed E-state index contributed by atoms with van der Waals surface area (Å²) in [5, 5.41) is 10.6. The molecule has 0 saturated carbocycles. The number of anilines is 1. The number of nitrogens with zero attached hydrogens (tertiary/aromatic N) is 4. The molecule has 0 aliphatic heterocycles. The number of amides is 1. The summed E-state index contributed by atoms with van der Waals surface area (Å²) in [5.74, 6) is 0.101. The molecule has 1 amide bonds. The molecule has 0 aliphatic rings. The van der Waals surface area contributed by atoms with Crippen molar-refractivity contribution in [3.05, 3.63) is 52.5 Å². The number of ether oxygens (including phenoxy) is 2. The zero-order valence-corrected chi connectivity index (χ0v) is 19.0. The van der Waals surface area contributed by atoms with Crippen LogP contribution in [-0.4, -0.2) is 45.8 Å². The standard InChI is InChI=1S/C21H21BrFN5O4/c1-13(6-7-32-18-9-16(23)15(22)8-14(18)21(30)31-2)10-28-11-25-27-20(28)17-4-3-5-19(26-17)24-12-29/h3-5,8-9,11-13H,6-7,10H2,1-2H3,(H,24,26,29). The van der Waals surface area contributed by atoms with Crippen LogP contribution in [0.1, 0.15) is 23.7 Å². The zero-order valence-electron chi connectivity index (χ0n) is 17.4. The second-order valence-electron chi connectivity index (χ2n) is 6.97. The van der Waals surface area contributed by atoms with Gasteiger partial charge >= 0.3 is 5.97 Å². The monoisotopic (exact) mass is 505 g/mol. The van der Waals surface area contributed by atoms with E-state index in [-0.39, 0.29) is 28.3 Å². The summed E-state index contributed by atoms with van der Waals surface area (Å²) in [6.07, 6.45) is 2.78. The van der Waals surface area contributed by atoms with Crippen LogP contribution in [-0.2, 0) is 16.1 Å². The molecule has 1 aromatic carbocycles. The average Bonchev–Trinajstić information content (AvgIpc) is 3.24. The van der Waals surface area contributed by atoms with E-state index in [1.54, 1.807) is 24.5 Å². The Labute approximate surface area is 192 Å². The van der Waals surface area contributed by atoms with E-state index >= 15 is 0 Å². The Morgan fingerprint density at radius 1 is 1.38 bits per heavy atom. The molecule has 32 heavy (non-hydrogen) atoms. The molecular formula is C21H21BrFN5O4. The highest BCUT2D eigenvalue weighted by Crippen LogP contribution is 2.27. The van der Waals surface area contributed by atoms with E-state index in [2.05, 4.69) is 36.4 Å². The first-order valence-electron chi connectivity index (χ1n) is 9.68. The molecule has 0 saturated heterocycles. The lowest BCUT2D eigenvalue weighted by atomic mass is 10.1. The fourth-order valence-corrected chi connectivity index (χ4v) is 3.34. The molecule has 0 radical (unpaired) electrons. The van der Waals surface area contributed by atoms with Crippen molar-refractivity contribution < 1.29 is 23.5 Å². The summed E-state index contributed by atoms with van der Waals surface area (Å²) >= 11 is 3.06. The second-order valence-corrected chi connectivity index (χ2v) is 7.83. The first-order valence-corrected chi connectivity index (χ1v) is 10.5. The molecular weight excluding hydrogens is 485 g/mol. The van der Waals surface area contributed by atoms with Gasteiger partial charge in [-0.2, -0.15) is 0 Å². The fourth-order valence-electron chi connectivity index (χ4n) is 3.00. The van der Waals surface area contributed by atoms with Crippen LogP contribution >= 0.6 is 15.9 Å². The smallest absolute Gasteiger partial charge is 0.341 e. The fraction of sp³-hybridized carbons (Fsp3) is 0.286. The number of hydrogen-bond acceptors (Lipinski definition) is 7. The topological polar surface area (TPSA) is 108 Å².